The van der Waals surface area contributed by atoms with Crippen LogP contribution in [0.15, 0.2) is 5.51 Å². The van der Waals surface area contributed by atoms with E-state index in [1.807, 2.05) is 0 Å². The fourth-order valence-electron chi connectivity index (χ4n) is 2.17. The minimum atomic E-state index is 0.586. The lowest BCUT2D eigenvalue weighted by molar-refractivity contribution is 0.255. The maximum Gasteiger partial charge on any atom is 0.208 e. The van der Waals surface area contributed by atoms with Gasteiger partial charge in [-0.2, -0.15) is 0 Å². The molecule has 6 heteroatoms. The first kappa shape index (κ1) is 12.7. The number of aromatic nitrogens is 2. The number of rotatable bonds is 4. The van der Waals surface area contributed by atoms with Crippen molar-refractivity contribution in [2.24, 2.45) is 11.7 Å². The summed E-state index contributed by atoms with van der Waals surface area (Å²) >= 11 is 1.62. The number of anilines is 1. The Morgan fingerprint density at radius 1 is 1.41 bits per heavy atom. The van der Waals surface area contributed by atoms with E-state index in [4.69, 9.17) is 5.73 Å². The molecule has 1 aliphatic heterocycles. The van der Waals surface area contributed by atoms with Gasteiger partial charge in [-0.25, -0.2) is 0 Å². The van der Waals surface area contributed by atoms with Crippen LogP contribution in [0.3, 0.4) is 0 Å². The van der Waals surface area contributed by atoms with Gasteiger partial charge in [-0.15, -0.1) is 10.2 Å². The van der Waals surface area contributed by atoms with Gasteiger partial charge in [-0.1, -0.05) is 18.3 Å². The molecule has 0 saturated carbocycles. The first-order valence-corrected chi connectivity index (χ1v) is 7.11. The largest absolute Gasteiger partial charge is 0.345 e. The molecule has 1 aliphatic rings. The smallest absolute Gasteiger partial charge is 0.208 e. The minimum Gasteiger partial charge on any atom is -0.345 e. The first-order chi connectivity index (χ1) is 8.29. The summed E-state index contributed by atoms with van der Waals surface area (Å²) in [6, 6.07) is 0. The molecule has 0 aromatic carbocycles. The van der Waals surface area contributed by atoms with Gasteiger partial charge in [0, 0.05) is 26.2 Å². The average Bonchev–Trinajstić information content (AvgIpc) is 2.77. The highest BCUT2D eigenvalue weighted by Crippen LogP contribution is 2.17. The van der Waals surface area contributed by atoms with Gasteiger partial charge in [0.2, 0.25) is 5.13 Å². The molecular weight excluding hydrogens is 234 g/mol. The predicted molar refractivity (Wildman–Crippen MR) is 71.4 cm³/mol. The van der Waals surface area contributed by atoms with Crippen LogP contribution in [0.2, 0.25) is 0 Å². The van der Waals surface area contributed by atoms with Crippen molar-refractivity contribution in [3.05, 3.63) is 5.51 Å². The topological polar surface area (TPSA) is 58.3 Å². The number of hydrogen-bond acceptors (Lipinski definition) is 6. The van der Waals surface area contributed by atoms with Gasteiger partial charge in [-0.05, 0) is 25.4 Å². The number of nitrogens with two attached hydrogens (primary N) is 1. The van der Waals surface area contributed by atoms with Crippen molar-refractivity contribution in [1.29, 1.82) is 0 Å². The van der Waals surface area contributed by atoms with Crippen LogP contribution >= 0.6 is 11.3 Å². The summed E-state index contributed by atoms with van der Waals surface area (Å²) < 4.78 is 0. The van der Waals surface area contributed by atoms with Crippen LogP contribution in [0.25, 0.3) is 0 Å². The molecular formula is C11H21N5S. The summed E-state index contributed by atoms with van der Waals surface area (Å²) in [4.78, 5) is 4.85. The standard InChI is InChI=1S/C11H21N5S/c1-10(7-12)8-15-3-2-4-16(6-5-15)11-14-13-9-17-11/h9-10H,2-8,12H2,1H3. The fraction of sp³-hybridized carbons (Fsp3) is 0.818. The third kappa shape index (κ3) is 3.62. The van der Waals surface area contributed by atoms with E-state index in [0.717, 1.165) is 37.9 Å². The van der Waals surface area contributed by atoms with Crippen LogP contribution in [0, 0.1) is 5.92 Å². The Morgan fingerprint density at radius 2 is 2.29 bits per heavy atom. The van der Waals surface area contributed by atoms with Crippen molar-refractivity contribution in [3.63, 3.8) is 0 Å². The molecule has 2 heterocycles. The van der Waals surface area contributed by atoms with E-state index in [1.54, 1.807) is 16.8 Å². The van der Waals surface area contributed by atoms with Crippen molar-refractivity contribution in [3.8, 4) is 0 Å². The Bertz CT molecular complexity index is 316. The second-order valence-electron chi connectivity index (χ2n) is 4.70. The molecule has 5 nitrogen and oxygen atoms in total. The summed E-state index contributed by atoms with van der Waals surface area (Å²) in [5, 5.41) is 9.10. The summed E-state index contributed by atoms with van der Waals surface area (Å²) in [5.74, 6) is 0.586. The summed E-state index contributed by atoms with van der Waals surface area (Å²) in [6.45, 7) is 8.50. The monoisotopic (exact) mass is 255 g/mol. The second kappa shape index (κ2) is 6.28. The lowest BCUT2D eigenvalue weighted by Crippen LogP contribution is -2.35. The Labute approximate surface area is 107 Å². The molecule has 17 heavy (non-hydrogen) atoms. The highest BCUT2D eigenvalue weighted by atomic mass is 32.1. The quantitative estimate of drug-likeness (QED) is 0.856. The van der Waals surface area contributed by atoms with Gasteiger partial charge in [-0.3, -0.25) is 0 Å². The van der Waals surface area contributed by atoms with Crippen LogP contribution in [-0.4, -0.2) is 54.4 Å². The molecule has 1 saturated heterocycles. The average molecular weight is 255 g/mol. The van der Waals surface area contributed by atoms with Crippen LogP contribution in [0.1, 0.15) is 13.3 Å². The van der Waals surface area contributed by atoms with Gasteiger partial charge in [0.15, 0.2) is 0 Å². The van der Waals surface area contributed by atoms with Crippen LogP contribution in [0.4, 0.5) is 5.13 Å². The molecule has 0 aliphatic carbocycles. The Balaban J connectivity index is 1.85. The summed E-state index contributed by atoms with van der Waals surface area (Å²) in [5.41, 5.74) is 7.48. The molecule has 0 spiro atoms. The van der Waals surface area contributed by atoms with Gasteiger partial charge < -0.3 is 15.5 Å². The zero-order valence-electron chi connectivity index (χ0n) is 10.4. The summed E-state index contributed by atoms with van der Waals surface area (Å²) in [7, 11) is 0. The van der Waals surface area contributed by atoms with E-state index >= 15 is 0 Å². The predicted octanol–water partition coefficient (Wildman–Crippen LogP) is 0.645. The Hall–Kier alpha value is -0.720. The second-order valence-corrected chi connectivity index (χ2v) is 5.52. The van der Waals surface area contributed by atoms with E-state index in [1.165, 1.54) is 13.0 Å². The van der Waals surface area contributed by atoms with Crippen molar-refractivity contribution < 1.29 is 0 Å². The Morgan fingerprint density at radius 3 is 3.00 bits per heavy atom. The van der Waals surface area contributed by atoms with Gasteiger partial charge in [0.1, 0.15) is 5.51 Å². The van der Waals surface area contributed by atoms with E-state index in [9.17, 15) is 0 Å². The molecule has 1 aromatic rings. The van der Waals surface area contributed by atoms with Gasteiger partial charge in [0.05, 0.1) is 0 Å². The molecule has 0 bridgehead atoms. The molecule has 1 unspecified atom stereocenters. The molecule has 1 atom stereocenters. The van der Waals surface area contributed by atoms with Crippen LogP contribution in [-0.2, 0) is 0 Å². The molecule has 2 rings (SSSR count). The maximum atomic E-state index is 5.68. The molecule has 1 aromatic heterocycles. The Kier molecular flexibility index (Phi) is 4.70. The SMILES string of the molecule is CC(CN)CN1CCCN(c2nncs2)CC1. The molecule has 96 valence electrons. The van der Waals surface area contributed by atoms with Crippen molar-refractivity contribution in [1.82, 2.24) is 15.1 Å². The van der Waals surface area contributed by atoms with E-state index < -0.39 is 0 Å². The molecule has 1 fully saturated rings. The third-order valence-electron chi connectivity index (χ3n) is 3.18. The van der Waals surface area contributed by atoms with Crippen LogP contribution in [0.5, 0.6) is 0 Å². The lowest BCUT2D eigenvalue weighted by atomic mass is 10.1. The zero-order valence-corrected chi connectivity index (χ0v) is 11.2. The van der Waals surface area contributed by atoms with Crippen LogP contribution < -0.4 is 10.6 Å². The first-order valence-electron chi connectivity index (χ1n) is 6.23. The highest BCUT2D eigenvalue weighted by molar-refractivity contribution is 7.13. The fourth-order valence-corrected chi connectivity index (χ4v) is 2.78. The van der Waals surface area contributed by atoms with E-state index in [2.05, 4.69) is 26.9 Å². The summed E-state index contributed by atoms with van der Waals surface area (Å²) in [6.07, 6.45) is 1.19. The molecule has 0 radical (unpaired) electrons. The van der Waals surface area contributed by atoms with E-state index in [0.29, 0.717) is 5.92 Å². The zero-order chi connectivity index (χ0) is 12.1. The van der Waals surface area contributed by atoms with Gasteiger partial charge >= 0.3 is 0 Å². The lowest BCUT2D eigenvalue weighted by Gasteiger charge is -2.23. The number of nitrogens with zero attached hydrogens (tertiary/aromatic N) is 4. The minimum absolute atomic E-state index is 0.586. The van der Waals surface area contributed by atoms with Crippen molar-refractivity contribution in [2.75, 3.05) is 44.2 Å². The van der Waals surface area contributed by atoms with Gasteiger partial charge in [0.25, 0.3) is 0 Å². The molecule has 2 N–H and O–H groups in total. The normalized spacial score (nSPS) is 20.2. The third-order valence-corrected chi connectivity index (χ3v) is 3.93. The highest BCUT2D eigenvalue weighted by Gasteiger charge is 2.17. The maximum absolute atomic E-state index is 5.68. The number of hydrogen-bond donors (Lipinski definition) is 1. The van der Waals surface area contributed by atoms with Crippen molar-refractivity contribution >= 4 is 16.5 Å². The molecule has 0 amide bonds. The van der Waals surface area contributed by atoms with Crippen molar-refractivity contribution in [2.45, 2.75) is 13.3 Å². The van der Waals surface area contributed by atoms with E-state index in [-0.39, 0.29) is 0 Å².